The summed E-state index contributed by atoms with van der Waals surface area (Å²) in [5.74, 6) is -1.19. The van der Waals surface area contributed by atoms with Crippen molar-refractivity contribution >= 4 is 23.5 Å². The van der Waals surface area contributed by atoms with Crippen molar-refractivity contribution in [2.75, 3.05) is 6.54 Å². The fourth-order valence-electron chi connectivity index (χ4n) is 3.50. The molecule has 112 valence electrons. The standard InChI is InChI=1S/C16H18ClNO3/c17-13-4-3-11-5-8-18(10-12(11)9-13)14(19)16(15(20)21)6-1-2-7-16/h3-4,9H,1-2,5-8,10H2,(H,20,21). The van der Waals surface area contributed by atoms with E-state index < -0.39 is 11.4 Å². The summed E-state index contributed by atoms with van der Waals surface area (Å²) in [6.07, 6.45) is 3.30. The molecule has 0 bridgehead atoms. The summed E-state index contributed by atoms with van der Waals surface area (Å²) in [4.78, 5) is 26.1. The topological polar surface area (TPSA) is 57.6 Å². The van der Waals surface area contributed by atoms with E-state index in [4.69, 9.17) is 11.6 Å². The van der Waals surface area contributed by atoms with Crippen LogP contribution in [0.25, 0.3) is 0 Å². The van der Waals surface area contributed by atoms with Gasteiger partial charge >= 0.3 is 5.97 Å². The van der Waals surface area contributed by atoms with Gasteiger partial charge in [-0.2, -0.15) is 0 Å². The molecule has 4 nitrogen and oxygen atoms in total. The monoisotopic (exact) mass is 307 g/mol. The number of aliphatic carboxylic acids is 1. The van der Waals surface area contributed by atoms with Crippen molar-refractivity contribution in [1.82, 2.24) is 4.90 Å². The first kappa shape index (κ1) is 14.4. The fourth-order valence-corrected chi connectivity index (χ4v) is 3.69. The number of amides is 1. The van der Waals surface area contributed by atoms with E-state index in [2.05, 4.69) is 0 Å². The molecule has 0 aromatic heterocycles. The molecule has 2 aliphatic rings. The van der Waals surface area contributed by atoms with Gasteiger partial charge in [0.05, 0.1) is 0 Å². The van der Waals surface area contributed by atoms with Crippen LogP contribution in [0.4, 0.5) is 0 Å². The Morgan fingerprint density at radius 2 is 1.90 bits per heavy atom. The van der Waals surface area contributed by atoms with Crippen molar-refractivity contribution in [2.45, 2.75) is 38.6 Å². The third kappa shape index (κ3) is 2.42. The van der Waals surface area contributed by atoms with Crippen molar-refractivity contribution < 1.29 is 14.7 Å². The minimum Gasteiger partial charge on any atom is -0.480 e. The molecule has 1 aliphatic heterocycles. The van der Waals surface area contributed by atoms with Crippen LogP contribution in [0, 0.1) is 5.41 Å². The Labute approximate surface area is 128 Å². The smallest absolute Gasteiger partial charge is 0.319 e. The maximum absolute atomic E-state index is 12.8. The van der Waals surface area contributed by atoms with Gasteiger partial charge in [-0.1, -0.05) is 30.5 Å². The Bertz CT molecular complexity index is 593. The Kier molecular flexibility index (Phi) is 3.66. The van der Waals surface area contributed by atoms with E-state index >= 15 is 0 Å². The first-order chi connectivity index (χ1) is 10.0. The summed E-state index contributed by atoms with van der Waals surface area (Å²) in [7, 11) is 0. The number of rotatable bonds is 2. The van der Waals surface area contributed by atoms with Crippen molar-refractivity contribution in [2.24, 2.45) is 5.41 Å². The molecule has 1 amide bonds. The van der Waals surface area contributed by atoms with Crippen LogP contribution in [-0.2, 0) is 22.6 Å². The number of halogens is 1. The van der Waals surface area contributed by atoms with Crippen molar-refractivity contribution in [3.05, 3.63) is 34.3 Å². The molecule has 5 heteroatoms. The quantitative estimate of drug-likeness (QED) is 0.855. The molecular formula is C16H18ClNO3. The van der Waals surface area contributed by atoms with Crippen molar-refractivity contribution in [1.29, 1.82) is 0 Å². The number of hydrogen-bond donors (Lipinski definition) is 1. The molecule has 3 rings (SSSR count). The largest absolute Gasteiger partial charge is 0.480 e. The second-order valence-electron chi connectivity index (χ2n) is 5.98. The highest BCUT2D eigenvalue weighted by Gasteiger charge is 2.50. The van der Waals surface area contributed by atoms with Gasteiger partial charge in [0.2, 0.25) is 5.91 Å². The molecule has 1 fully saturated rings. The van der Waals surface area contributed by atoms with E-state index in [9.17, 15) is 14.7 Å². The Hall–Kier alpha value is -1.55. The zero-order chi connectivity index (χ0) is 15.0. The van der Waals surface area contributed by atoms with Crippen molar-refractivity contribution in [3.8, 4) is 0 Å². The maximum Gasteiger partial charge on any atom is 0.319 e. The lowest BCUT2D eigenvalue weighted by Gasteiger charge is -2.34. The predicted octanol–water partition coefficient (Wildman–Crippen LogP) is 2.87. The number of hydrogen-bond acceptors (Lipinski definition) is 2. The molecule has 1 aromatic carbocycles. The van der Waals surface area contributed by atoms with Crippen LogP contribution in [0.15, 0.2) is 18.2 Å². The van der Waals surface area contributed by atoms with E-state index in [0.29, 0.717) is 31.0 Å². The Morgan fingerprint density at radius 1 is 1.19 bits per heavy atom. The van der Waals surface area contributed by atoms with Crippen LogP contribution in [0.2, 0.25) is 5.02 Å². The second-order valence-corrected chi connectivity index (χ2v) is 6.42. The minimum atomic E-state index is -1.20. The molecule has 1 heterocycles. The lowest BCUT2D eigenvalue weighted by atomic mass is 9.83. The summed E-state index contributed by atoms with van der Waals surface area (Å²) in [5.41, 5.74) is 1.02. The highest BCUT2D eigenvalue weighted by Crippen LogP contribution is 2.41. The molecule has 0 unspecified atom stereocenters. The number of fused-ring (bicyclic) bond motifs is 1. The van der Waals surface area contributed by atoms with Gasteiger partial charge < -0.3 is 10.0 Å². The lowest BCUT2D eigenvalue weighted by Crippen LogP contribution is -2.48. The zero-order valence-electron chi connectivity index (χ0n) is 11.8. The average molecular weight is 308 g/mol. The molecule has 1 aromatic rings. The van der Waals surface area contributed by atoms with Gasteiger partial charge in [0.1, 0.15) is 5.41 Å². The highest BCUT2D eigenvalue weighted by atomic mass is 35.5. The lowest BCUT2D eigenvalue weighted by molar-refractivity contribution is -0.161. The first-order valence-electron chi connectivity index (χ1n) is 7.33. The third-order valence-corrected chi connectivity index (χ3v) is 4.98. The normalized spacial score (nSPS) is 20.1. The van der Waals surface area contributed by atoms with Crippen molar-refractivity contribution in [3.63, 3.8) is 0 Å². The third-order valence-electron chi connectivity index (χ3n) is 4.74. The van der Waals surface area contributed by atoms with Crippen LogP contribution in [0.1, 0.15) is 36.8 Å². The van der Waals surface area contributed by atoms with Crippen LogP contribution in [-0.4, -0.2) is 28.4 Å². The van der Waals surface area contributed by atoms with Gasteiger partial charge in [-0.25, -0.2) is 0 Å². The maximum atomic E-state index is 12.8. The van der Waals surface area contributed by atoms with Gasteiger partial charge in [-0.05, 0) is 42.5 Å². The van der Waals surface area contributed by atoms with Gasteiger partial charge in [-0.3, -0.25) is 9.59 Å². The molecule has 0 radical (unpaired) electrons. The summed E-state index contributed by atoms with van der Waals surface area (Å²) in [5, 5.41) is 10.2. The highest BCUT2D eigenvalue weighted by molar-refractivity contribution is 6.30. The molecule has 1 N–H and O–H groups in total. The molecule has 0 atom stereocenters. The number of carbonyl (C=O) groups is 2. The minimum absolute atomic E-state index is 0.224. The Balaban J connectivity index is 1.85. The number of carboxylic acids is 1. The summed E-state index contributed by atoms with van der Waals surface area (Å²) < 4.78 is 0. The average Bonchev–Trinajstić information content (AvgIpc) is 2.96. The van der Waals surface area contributed by atoms with E-state index in [1.54, 1.807) is 4.90 Å². The van der Waals surface area contributed by atoms with Gasteiger partial charge in [-0.15, -0.1) is 0 Å². The van der Waals surface area contributed by atoms with Crippen LogP contribution < -0.4 is 0 Å². The number of benzene rings is 1. The first-order valence-corrected chi connectivity index (χ1v) is 7.71. The van der Waals surface area contributed by atoms with E-state index in [-0.39, 0.29) is 5.91 Å². The Morgan fingerprint density at radius 3 is 2.57 bits per heavy atom. The van der Waals surface area contributed by atoms with Crippen LogP contribution >= 0.6 is 11.6 Å². The van der Waals surface area contributed by atoms with E-state index in [1.807, 2.05) is 18.2 Å². The summed E-state index contributed by atoms with van der Waals surface area (Å²) >= 11 is 6.01. The summed E-state index contributed by atoms with van der Waals surface area (Å²) in [6, 6.07) is 5.72. The fraction of sp³-hybridized carbons (Fsp3) is 0.500. The zero-order valence-corrected chi connectivity index (χ0v) is 12.5. The number of carbonyl (C=O) groups excluding carboxylic acids is 1. The molecule has 21 heavy (non-hydrogen) atoms. The van der Waals surface area contributed by atoms with Crippen LogP contribution in [0.3, 0.4) is 0 Å². The van der Waals surface area contributed by atoms with Gasteiger partial charge in [0.15, 0.2) is 0 Å². The predicted molar refractivity (Wildman–Crippen MR) is 79.1 cm³/mol. The molecule has 0 saturated heterocycles. The number of carboxylic acid groups (broad SMARTS) is 1. The van der Waals surface area contributed by atoms with Crippen LogP contribution in [0.5, 0.6) is 0 Å². The van der Waals surface area contributed by atoms with E-state index in [0.717, 1.165) is 24.8 Å². The van der Waals surface area contributed by atoms with Gasteiger partial charge in [0, 0.05) is 18.1 Å². The molecule has 1 saturated carbocycles. The number of nitrogens with zero attached hydrogens (tertiary/aromatic N) is 1. The molecular weight excluding hydrogens is 290 g/mol. The van der Waals surface area contributed by atoms with Gasteiger partial charge in [0.25, 0.3) is 0 Å². The van der Waals surface area contributed by atoms with E-state index in [1.165, 1.54) is 5.56 Å². The SMILES string of the molecule is O=C(O)C1(C(=O)N2CCc3ccc(Cl)cc3C2)CCCC1. The summed E-state index contributed by atoms with van der Waals surface area (Å²) in [6.45, 7) is 1.05. The second kappa shape index (κ2) is 5.34. The molecule has 1 aliphatic carbocycles. The molecule has 0 spiro atoms.